The van der Waals surface area contributed by atoms with E-state index in [9.17, 15) is 9.59 Å². The van der Waals surface area contributed by atoms with Crippen molar-refractivity contribution < 1.29 is 19.1 Å². The molecule has 4 nitrogen and oxygen atoms in total. The van der Waals surface area contributed by atoms with Crippen LogP contribution in [0.3, 0.4) is 0 Å². The van der Waals surface area contributed by atoms with Gasteiger partial charge >= 0.3 is 5.97 Å². The van der Waals surface area contributed by atoms with E-state index in [1.165, 1.54) is 7.11 Å². The highest BCUT2D eigenvalue weighted by Crippen LogP contribution is 2.16. The zero-order valence-corrected chi connectivity index (χ0v) is 13.8. The van der Waals surface area contributed by atoms with Crippen LogP contribution in [0.5, 0.6) is 5.75 Å². The van der Waals surface area contributed by atoms with Crippen molar-refractivity contribution >= 4 is 27.7 Å². The minimum atomic E-state index is -0.861. The number of hydrogen-bond donors (Lipinski definition) is 0. The fourth-order valence-electron chi connectivity index (χ4n) is 1.88. The maximum Gasteiger partial charge on any atom is 0.338 e. The molecule has 0 spiro atoms. The number of rotatable bonds is 5. The lowest BCUT2D eigenvalue weighted by Crippen LogP contribution is -2.24. The number of Topliss-reactive ketones (excluding diaryl/α,β-unsaturated/α-hetero) is 1. The largest absolute Gasteiger partial charge is 0.497 e. The van der Waals surface area contributed by atoms with Crippen LogP contribution in [0, 0.1) is 0 Å². The number of carbonyl (C=O) groups excluding carboxylic acids is 2. The van der Waals surface area contributed by atoms with Crippen molar-refractivity contribution in [3.8, 4) is 5.75 Å². The molecule has 114 valence electrons. The van der Waals surface area contributed by atoms with Crippen molar-refractivity contribution in [1.29, 1.82) is 0 Å². The lowest BCUT2D eigenvalue weighted by Gasteiger charge is -2.13. The third-order valence-corrected chi connectivity index (χ3v) is 3.62. The first kappa shape index (κ1) is 16.2. The maximum absolute atomic E-state index is 12.2. The molecule has 5 heteroatoms. The minimum absolute atomic E-state index is 0.247. The third kappa shape index (κ3) is 3.95. The monoisotopic (exact) mass is 362 g/mol. The third-order valence-electron chi connectivity index (χ3n) is 3.09. The van der Waals surface area contributed by atoms with Crippen LogP contribution in [0.2, 0.25) is 0 Å². The van der Waals surface area contributed by atoms with Gasteiger partial charge in [-0.3, -0.25) is 4.79 Å². The Hall–Kier alpha value is -2.14. The summed E-state index contributed by atoms with van der Waals surface area (Å²) in [6.45, 7) is 1.56. The number of methoxy groups -OCH3 is 1. The van der Waals surface area contributed by atoms with Crippen LogP contribution in [0.1, 0.15) is 27.6 Å². The van der Waals surface area contributed by atoms with Crippen LogP contribution in [0.25, 0.3) is 0 Å². The second-order valence-electron chi connectivity index (χ2n) is 4.65. The second kappa shape index (κ2) is 7.22. The predicted molar refractivity (Wildman–Crippen MR) is 86.3 cm³/mol. The van der Waals surface area contributed by atoms with Gasteiger partial charge in [-0.25, -0.2) is 4.79 Å². The first-order valence-corrected chi connectivity index (χ1v) is 7.45. The number of halogens is 1. The van der Waals surface area contributed by atoms with Gasteiger partial charge in [-0.05, 0) is 37.3 Å². The molecular formula is C17H15BrO4. The Kier molecular flexibility index (Phi) is 5.33. The summed E-state index contributed by atoms with van der Waals surface area (Å²) in [6.07, 6.45) is -0.861. The first-order chi connectivity index (χ1) is 10.5. The molecule has 0 unspecified atom stereocenters. The van der Waals surface area contributed by atoms with Crippen LogP contribution in [-0.4, -0.2) is 25.0 Å². The molecule has 2 rings (SSSR count). The van der Waals surface area contributed by atoms with Crippen LogP contribution in [0.4, 0.5) is 0 Å². The van der Waals surface area contributed by atoms with Gasteiger partial charge in [0.05, 0.1) is 12.7 Å². The average Bonchev–Trinajstić information content (AvgIpc) is 2.54. The number of benzene rings is 2. The van der Waals surface area contributed by atoms with Crippen molar-refractivity contribution in [2.24, 2.45) is 0 Å². The molecule has 0 radical (unpaired) electrons. The van der Waals surface area contributed by atoms with Crippen LogP contribution in [0.15, 0.2) is 53.0 Å². The Morgan fingerprint density at radius 2 is 1.73 bits per heavy atom. The molecule has 2 aromatic carbocycles. The van der Waals surface area contributed by atoms with Gasteiger partial charge in [-0.1, -0.05) is 34.1 Å². The summed E-state index contributed by atoms with van der Waals surface area (Å²) in [4.78, 5) is 24.3. The maximum atomic E-state index is 12.2. The van der Waals surface area contributed by atoms with E-state index in [2.05, 4.69) is 15.9 Å². The molecule has 0 fully saturated rings. The predicted octanol–water partition coefficient (Wildman–Crippen LogP) is 3.89. The molecule has 2 aromatic rings. The van der Waals surface area contributed by atoms with Gasteiger partial charge in [0.25, 0.3) is 0 Å². The van der Waals surface area contributed by atoms with Crippen LogP contribution in [-0.2, 0) is 4.74 Å². The molecule has 1 atom stereocenters. The molecule has 0 aliphatic carbocycles. The number of ketones is 1. The van der Waals surface area contributed by atoms with Crippen LogP contribution < -0.4 is 4.74 Å². The van der Waals surface area contributed by atoms with Gasteiger partial charge in [0, 0.05) is 10.0 Å². The molecule has 0 aromatic heterocycles. The summed E-state index contributed by atoms with van der Waals surface area (Å²) < 4.78 is 11.2. The molecule has 0 saturated carbocycles. The summed E-state index contributed by atoms with van der Waals surface area (Å²) in [7, 11) is 1.52. The Bertz CT molecular complexity index is 679. The van der Waals surface area contributed by atoms with Crippen molar-refractivity contribution in [3.63, 3.8) is 0 Å². The topological polar surface area (TPSA) is 52.6 Å². The summed E-state index contributed by atoms with van der Waals surface area (Å²) in [5.74, 6) is -0.248. The molecule has 0 amide bonds. The van der Waals surface area contributed by atoms with Crippen molar-refractivity contribution in [3.05, 3.63) is 64.1 Å². The molecule has 0 saturated heterocycles. The smallest absolute Gasteiger partial charge is 0.338 e. The molecular weight excluding hydrogens is 348 g/mol. The fourth-order valence-corrected chi connectivity index (χ4v) is 2.15. The molecule has 0 N–H and O–H groups in total. The Labute approximate surface area is 137 Å². The van der Waals surface area contributed by atoms with E-state index >= 15 is 0 Å². The number of hydrogen-bond acceptors (Lipinski definition) is 4. The van der Waals surface area contributed by atoms with E-state index in [0.717, 1.165) is 4.47 Å². The van der Waals surface area contributed by atoms with E-state index in [1.54, 1.807) is 55.5 Å². The van der Waals surface area contributed by atoms with Crippen molar-refractivity contribution in [1.82, 2.24) is 0 Å². The molecule has 0 aliphatic heterocycles. The molecule has 0 heterocycles. The first-order valence-electron chi connectivity index (χ1n) is 6.66. The van der Waals surface area contributed by atoms with E-state index in [-0.39, 0.29) is 5.78 Å². The van der Waals surface area contributed by atoms with Gasteiger partial charge in [0.1, 0.15) is 5.75 Å². The number of ether oxygens (including phenoxy) is 2. The SMILES string of the molecule is COc1cccc(C(=O)O[C@@H](C)C(=O)c2ccc(Br)cc2)c1. The average molecular weight is 363 g/mol. The van der Waals surface area contributed by atoms with E-state index in [0.29, 0.717) is 16.9 Å². The summed E-state index contributed by atoms with van der Waals surface area (Å²) in [5.41, 5.74) is 0.837. The highest BCUT2D eigenvalue weighted by Gasteiger charge is 2.20. The Morgan fingerprint density at radius 1 is 1.05 bits per heavy atom. The fraction of sp³-hybridized carbons (Fsp3) is 0.176. The zero-order chi connectivity index (χ0) is 16.1. The highest BCUT2D eigenvalue weighted by molar-refractivity contribution is 9.10. The lowest BCUT2D eigenvalue weighted by atomic mass is 10.1. The summed E-state index contributed by atoms with van der Waals surface area (Å²) in [5, 5.41) is 0. The Morgan fingerprint density at radius 3 is 2.36 bits per heavy atom. The molecule has 0 bridgehead atoms. The van der Waals surface area contributed by atoms with E-state index in [1.807, 2.05) is 0 Å². The number of carbonyl (C=O) groups is 2. The van der Waals surface area contributed by atoms with Gasteiger partial charge in [0.15, 0.2) is 6.10 Å². The van der Waals surface area contributed by atoms with E-state index < -0.39 is 12.1 Å². The van der Waals surface area contributed by atoms with Gasteiger partial charge in [-0.15, -0.1) is 0 Å². The normalized spacial score (nSPS) is 11.6. The van der Waals surface area contributed by atoms with Gasteiger partial charge in [-0.2, -0.15) is 0 Å². The zero-order valence-electron chi connectivity index (χ0n) is 12.2. The lowest BCUT2D eigenvalue weighted by molar-refractivity contribution is 0.0318. The molecule has 22 heavy (non-hydrogen) atoms. The second-order valence-corrected chi connectivity index (χ2v) is 5.57. The van der Waals surface area contributed by atoms with Gasteiger partial charge < -0.3 is 9.47 Å². The highest BCUT2D eigenvalue weighted by atomic mass is 79.9. The van der Waals surface area contributed by atoms with E-state index in [4.69, 9.17) is 9.47 Å². The van der Waals surface area contributed by atoms with Crippen molar-refractivity contribution in [2.45, 2.75) is 13.0 Å². The minimum Gasteiger partial charge on any atom is -0.497 e. The van der Waals surface area contributed by atoms with Gasteiger partial charge in [0.2, 0.25) is 5.78 Å². The Balaban J connectivity index is 2.07. The standard InChI is InChI=1S/C17H15BrO4/c1-11(16(19)12-6-8-14(18)9-7-12)22-17(20)13-4-3-5-15(10-13)21-2/h3-11H,1-2H3/t11-/m0/s1. The number of esters is 1. The molecule has 0 aliphatic rings. The summed E-state index contributed by atoms with van der Waals surface area (Å²) in [6, 6.07) is 13.5. The summed E-state index contributed by atoms with van der Waals surface area (Å²) >= 11 is 3.31. The van der Waals surface area contributed by atoms with Crippen molar-refractivity contribution in [2.75, 3.05) is 7.11 Å². The van der Waals surface area contributed by atoms with Crippen LogP contribution >= 0.6 is 15.9 Å². The quantitative estimate of drug-likeness (QED) is 0.598.